The van der Waals surface area contributed by atoms with E-state index < -0.39 is 0 Å². The lowest BCUT2D eigenvalue weighted by atomic mass is 9.78. The van der Waals surface area contributed by atoms with E-state index in [0.29, 0.717) is 5.95 Å². The zero-order valence-electron chi connectivity index (χ0n) is 7.83. The van der Waals surface area contributed by atoms with Gasteiger partial charge in [-0.1, -0.05) is 0 Å². The summed E-state index contributed by atoms with van der Waals surface area (Å²) in [6.45, 7) is 0.759. The minimum Gasteiger partial charge on any atom is -0.352 e. The van der Waals surface area contributed by atoms with Gasteiger partial charge in [-0.05, 0) is 35.2 Å². The fourth-order valence-corrected chi connectivity index (χ4v) is 1.67. The van der Waals surface area contributed by atoms with Crippen LogP contribution in [0, 0.1) is 0 Å². The zero-order chi connectivity index (χ0) is 10.0. The molecule has 1 fully saturated rings. The first-order valence-electron chi connectivity index (χ1n) is 4.68. The summed E-state index contributed by atoms with van der Waals surface area (Å²) in [6, 6.07) is 0. The highest BCUT2D eigenvalue weighted by molar-refractivity contribution is 9.10. The maximum absolute atomic E-state index is 6.05. The first-order chi connectivity index (χ1) is 6.68. The number of nitrogens with two attached hydrogens (primary N) is 1. The minimum absolute atomic E-state index is 0.0313. The molecule has 0 aromatic carbocycles. The van der Waals surface area contributed by atoms with Gasteiger partial charge in [-0.15, -0.1) is 0 Å². The summed E-state index contributed by atoms with van der Waals surface area (Å²) >= 11 is 3.28. The Bertz CT molecular complexity index is 307. The summed E-state index contributed by atoms with van der Waals surface area (Å²) in [4.78, 5) is 8.23. The molecular formula is C9H13BrN4. The van der Waals surface area contributed by atoms with Crippen molar-refractivity contribution in [2.75, 3.05) is 11.9 Å². The van der Waals surface area contributed by atoms with E-state index in [1.807, 2.05) is 0 Å². The lowest BCUT2D eigenvalue weighted by Crippen LogP contribution is -2.52. The molecule has 4 nitrogen and oxygen atoms in total. The van der Waals surface area contributed by atoms with Crippen molar-refractivity contribution in [2.24, 2.45) is 5.73 Å². The Labute approximate surface area is 91.4 Å². The zero-order valence-corrected chi connectivity index (χ0v) is 9.42. The third-order valence-corrected chi connectivity index (χ3v) is 2.98. The van der Waals surface area contributed by atoms with E-state index >= 15 is 0 Å². The van der Waals surface area contributed by atoms with Crippen molar-refractivity contribution in [1.29, 1.82) is 0 Å². The van der Waals surface area contributed by atoms with Gasteiger partial charge < -0.3 is 11.1 Å². The predicted molar refractivity (Wildman–Crippen MR) is 59.0 cm³/mol. The molecule has 0 saturated heterocycles. The molecule has 0 amide bonds. The highest BCUT2D eigenvalue weighted by Crippen LogP contribution is 2.28. The SMILES string of the molecule is NC1(CNc2ncc(Br)cn2)CCC1. The van der Waals surface area contributed by atoms with Gasteiger partial charge in [-0.25, -0.2) is 9.97 Å². The maximum atomic E-state index is 6.05. The molecule has 76 valence electrons. The van der Waals surface area contributed by atoms with Crippen molar-refractivity contribution in [3.8, 4) is 0 Å². The normalized spacial score (nSPS) is 18.7. The van der Waals surface area contributed by atoms with Crippen molar-refractivity contribution in [2.45, 2.75) is 24.8 Å². The Hall–Kier alpha value is -0.680. The molecule has 0 bridgehead atoms. The number of anilines is 1. The number of rotatable bonds is 3. The molecular weight excluding hydrogens is 244 g/mol. The lowest BCUT2D eigenvalue weighted by Gasteiger charge is -2.38. The van der Waals surface area contributed by atoms with Crippen LogP contribution < -0.4 is 11.1 Å². The predicted octanol–water partition coefficient (Wildman–Crippen LogP) is 1.53. The molecule has 1 aromatic heterocycles. The molecule has 0 unspecified atom stereocenters. The molecule has 2 rings (SSSR count). The van der Waals surface area contributed by atoms with Crippen molar-refractivity contribution in [3.63, 3.8) is 0 Å². The summed E-state index contributed by atoms with van der Waals surface area (Å²) in [5, 5.41) is 3.15. The fraction of sp³-hybridized carbons (Fsp3) is 0.556. The minimum atomic E-state index is -0.0313. The van der Waals surface area contributed by atoms with Crippen LogP contribution in [0.1, 0.15) is 19.3 Å². The molecule has 1 aliphatic carbocycles. The standard InChI is InChI=1S/C9H13BrN4/c10-7-4-12-8(13-5-7)14-6-9(11)2-1-3-9/h4-5H,1-3,6,11H2,(H,12,13,14). The summed E-state index contributed by atoms with van der Waals surface area (Å²) in [5.74, 6) is 0.643. The summed E-state index contributed by atoms with van der Waals surface area (Å²) in [7, 11) is 0. The van der Waals surface area contributed by atoms with E-state index in [4.69, 9.17) is 5.73 Å². The van der Waals surface area contributed by atoms with Crippen molar-refractivity contribution in [1.82, 2.24) is 9.97 Å². The molecule has 14 heavy (non-hydrogen) atoms. The van der Waals surface area contributed by atoms with Crippen LogP contribution in [0.25, 0.3) is 0 Å². The second-order valence-electron chi connectivity index (χ2n) is 3.79. The van der Waals surface area contributed by atoms with Gasteiger partial charge in [0.15, 0.2) is 0 Å². The molecule has 5 heteroatoms. The lowest BCUT2D eigenvalue weighted by molar-refractivity contribution is 0.265. The number of nitrogens with one attached hydrogen (secondary N) is 1. The van der Waals surface area contributed by atoms with Crippen LogP contribution in [0.4, 0.5) is 5.95 Å². The van der Waals surface area contributed by atoms with Crippen molar-refractivity contribution < 1.29 is 0 Å². The van der Waals surface area contributed by atoms with Crippen molar-refractivity contribution >= 4 is 21.9 Å². The number of halogens is 1. The van der Waals surface area contributed by atoms with Gasteiger partial charge >= 0.3 is 0 Å². The Morgan fingerprint density at radius 1 is 1.43 bits per heavy atom. The van der Waals surface area contributed by atoms with E-state index in [-0.39, 0.29) is 5.54 Å². The molecule has 0 atom stereocenters. The van der Waals surface area contributed by atoms with Crippen LogP contribution in [-0.2, 0) is 0 Å². The topological polar surface area (TPSA) is 63.8 Å². The van der Waals surface area contributed by atoms with Gasteiger partial charge in [-0.3, -0.25) is 0 Å². The molecule has 1 saturated carbocycles. The van der Waals surface area contributed by atoms with E-state index in [1.165, 1.54) is 6.42 Å². The first kappa shape index (κ1) is 9.86. The molecule has 1 aromatic rings. The quantitative estimate of drug-likeness (QED) is 0.861. The Kier molecular flexibility index (Phi) is 2.69. The fourth-order valence-electron chi connectivity index (χ4n) is 1.47. The smallest absolute Gasteiger partial charge is 0.222 e. The maximum Gasteiger partial charge on any atom is 0.222 e. The van der Waals surface area contributed by atoms with E-state index in [2.05, 4.69) is 31.2 Å². The molecule has 1 heterocycles. The third-order valence-electron chi connectivity index (χ3n) is 2.57. The highest BCUT2D eigenvalue weighted by atomic mass is 79.9. The van der Waals surface area contributed by atoms with Crippen molar-refractivity contribution in [3.05, 3.63) is 16.9 Å². The number of hydrogen-bond acceptors (Lipinski definition) is 4. The van der Waals surface area contributed by atoms with E-state index in [1.54, 1.807) is 12.4 Å². The van der Waals surface area contributed by atoms with Gasteiger partial charge in [0.25, 0.3) is 0 Å². The Balaban J connectivity index is 1.88. The van der Waals surface area contributed by atoms with Crippen LogP contribution in [0.3, 0.4) is 0 Å². The first-order valence-corrected chi connectivity index (χ1v) is 5.48. The molecule has 0 spiro atoms. The Morgan fingerprint density at radius 2 is 2.07 bits per heavy atom. The third kappa shape index (κ3) is 2.22. The van der Waals surface area contributed by atoms with Gasteiger partial charge in [0, 0.05) is 24.5 Å². The number of aromatic nitrogens is 2. The van der Waals surface area contributed by atoms with Gasteiger partial charge in [0.1, 0.15) is 0 Å². The van der Waals surface area contributed by atoms with Crippen LogP contribution >= 0.6 is 15.9 Å². The molecule has 0 aliphatic heterocycles. The molecule has 3 N–H and O–H groups in total. The monoisotopic (exact) mass is 256 g/mol. The van der Waals surface area contributed by atoms with Crippen LogP contribution in [0.2, 0.25) is 0 Å². The van der Waals surface area contributed by atoms with Crippen LogP contribution in [-0.4, -0.2) is 22.1 Å². The van der Waals surface area contributed by atoms with Gasteiger partial charge in [0.05, 0.1) is 4.47 Å². The van der Waals surface area contributed by atoms with Crippen LogP contribution in [0.15, 0.2) is 16.9 Å². The molecule has 1 aliphatic rings. The van der Waals surface area contributed by atoms with Crippen LogP contribution in [0.5, 0.6) is 0 Å². The summed E-state index contributed by atoms with van der Waals surface area (Å²) in [6.07, 6.45) is 6.87. The molecule has 0 radical (unpaired) electrons. The number of hydrogen-bond donors (Lipinski definition) is 2. The number of nitrogens with zero attached hydrogens (tertiary/aromatic N) is 2. The van der Waals surface area contributed by atoms with Gasteiger partial charge in [0.2, 0.25) is 5.95 Å². The Morgan fingerprint density at radius 3 is 2.57 bits per heavy atom. The van der Waals surface area contributed by atoms with E-state index in [0.717, 1.165) is 23.9 Å². The largest absolute Gasteiger partial charge is 0.352 e. The second-order valence-corrected chi connectivity index (χ2v) is 4.71. The highest BCUT2D eigenvalue weighted by Gasteiger charge is 2.32. The summed E-state index contributed by atoms with van der Waals surface area (Å²) < 4.78 is 0.883. The van der Waals surface area contributed by atoms with E-state index in [9.17, 15) is 0 Å². The second kappa shape index (κ2) is 3.82. The summed E-state index contributed by atoms with van der Waals surface area (Å²) in [5.41, 5.74) is 6.02. The average Bonchev–Trinajstić information content (AvgIpc) is 2.14. The van der Waals surface area contributed by atoms with Gasteiger partial charge in [-0.2, -0.15) is 0 Å². The average molecular weight is 257 g/mol.